The normalized spacial score (nSPS) is 11.1. The van der Waals surface area contributed by atoms with Crippen LogP contribution in [0, 0.1) is 5.92 Å². The van der Waals surface area contributed by atoms with E-state index in [1.807, 2.05) is 54.6 Å². The zero-order valence-corrected chi connectivity index (χ0v) is 21.0. The third-order valence-corrected chi connectivity index (χ3v) is 6.16. The molecule has 1 amide bonds. The van der Waals surface area contributed by atoms with Crippen LogP contribution >= 0.6 is 11.6 Å². The number of nitrogens with one attached hydrogen (secondary N) is 1. The molecule has 0 aliphatic heterocycles. The van der Waals surface area contributed by atoms with Crippen molar-refractivity contribution in [2.24, 2.45) is 5.92 Å². The zero-order chi connectivity index (χ0) is 24.6. The van der Waals surface area contributed by atoms with E-state index in [1.165, 1.54) is 5.56 Å². The van der Waals surface area contributed by atoms with E-state index in [2.05, 4.69) is 48.3 Å². The SMILES string of the molecule is CC(C)CNC(=O)CCN(CCc1ccccc1)c1nc(-c2ccccc2Cl)nc2ccccc12. The number of fused-ring (bicyclic) bond motifs is 1. The van der Waals surface area contributed by atoms with Gasteiger partial charge in [-0.1, -0.05) is 80.0 Å². The van der Waals surface area contributed by atoms with Gasteiger partial charge in [0.25, 0.3) is 0 Å². The molecular weight excluding hydrogens is 456 g/mol. The summed E-state index contributed by atoms with van der Waals surface area (Å²) in [7, 11) is 0. The second-order valence-electron chi connectivity index (χ2n) is 9.04. The van der Waals surface area contributed by atoms with Gasteiger partial charge in [-0.05, 0) is 42.2 Å². The number of anilines is 1. The minimum atomic E-state index is 0.0492. The molecule has 0 aliphatic rings. The lowest BCUT2D eigenvalue weighted by Crippen LogP contribution is -2.34. The van der Waals surface area contributed by atoms with Crippen molar-refractivity contribution < 1.29 is 4.79 Å². The first kappa shape index (κ1) is 24.7. The Morgan fingerprint density at radius 2 is 1.63 bits per heavy atom. The monoisotopic (exact) mass is 486 g/mol. The van der Waals surface area contributed by atoms with E-state index in [1.54, 1.807) is 0 Å². The number of carbonyl (C=O) groups is 1. The van der Waals surface area contributed by atoms with Gasteiger partial charge in [0.05, 0.1) is 10.5 Å². The molecule has 0 saturated heterocycles. The molecule has 4 rings (SSSR count). The van der Waals surface area contributed by atoms with Gasteiger partial charge in [0.2, 0.25) is 5.91 Å². The van der Waals surface area contributed by atoms with Gasteiger partial charge in [-0.15, -0.1) is 0 Å². The molecule has 0 aliphatic carbocycles. The molecule has 1 aromatic heterocycles. The van der Waals surface area contributed by atoms with Gasteiger partial charge in [0.15, 0.2) is 5.82 Å². The number of para-hydroxylation sites is 1. The topological polar surface area (TPSA) is 58.1 Å². The highest BCUT2D eigenvalue weighted by atomic mass is 35.5. The Labute approximate surface area is 212 Å². The van der Waals surface area contributed by atoms with E-state index in [-0.39, 0.29) is 5.91 Å². The van der Waals surface area contributed by atoms with Crippen LogP contribution in [0.5, 0.6) is 0 Å². The van der Waals surface area contributed by atoms with E-state index in [9.17, 15) is 4.79 Å². The van der Waals surface area contributed by atoms with Gasteiger partial charge in [0.1, 0.15) is 5.82 Å². The van der Waals surface area contributed by atoms with Crippen molar-refractivity contribution in [3.63, 3.8) is 0 Å². The predicted molar refractivity (Wildman–Crippen MR) is 145 cm³/mol. The van der Waals surface area contributed by atoms with Crippen LogP contribution in [0.2, 0.25) is 5.02 Å². The van der Waals surface area contributed by atoms with Crippen LogP contribution in [0.4, 0.5) is 5.82 Å². The molecule has 0 radical (unpaired) electrons. The highest BCUT2D eigenvalue weighted by molar-refractivity contribution is 6.33. The van der Waals surface area contributed by atoms with Crippen molar-refractivity contribution in [1.82, 2.24) is 15.3 Å². The molecule has 6 heteroatoms. The van der Waals surface area contributed by atoms with Crippen LogP contribution in [-0.4, -0.2) is 35.5 Å². The van der Waals surface area contributed by atoms with E-state index in [4.69, 9.17) is 21.6 Å². The molecular formula is C29H31ClN4O. The maximum Gasteiger partial charge on any atom is 0.221 e. The lowest BCUT2D eigenvalue weighted by Gasteiger charge is -2.26. The fourth-order valence-corrected chi connectivity index (χ4v) is 4.16. The lowest BCUT2D eigenvalue weighted by molar-refractivity contribution is -0.121. The smallest absolute Gasteiger partial charge is 0.221 e. The van der Waals surface area contributed by atoms with Gasteiger partial charge >= 0.3 is 0 Å². The first-order valence-corrected chi connectivity index (χ1v) is 12.5. The Bertz CT molecular complexity index is 1280. The Morgan fingerprint density at radius 1 is 0.914 bits per heavy atom. The van der Waals surface area contributed by atoms with Crippen LogP contribution in [-0.2, 0) is 11.2 Å². The molecule has 5 nitrogen and oxygen atoms in total. The first-order valence-electron chi connectivity index (χ1n) is 12.1. The quantitative estimate of drug-likeness (QED) is 0.291. The van der Waals surface area contributed by atoms with Crippen molar-refractivity contribution in [2.75, 3.05) is 24.5 Å². The molecule has 0 saturated carbocycles. The number of hydrogen-bond donors (Lipinski definition) is 1. The Kier molecular flexibility index (Phi) is 8.32. The molecule has 4 aromatic rings. The molecule has 1 N–H and O–H groups in total. The van der Waals surface area contributed by atoms with E-state index >= 15 is 0 Å². The van der Waals surface area contributed by atoms with Crippen LogP contribution < -0.4 is 10.2 Å². The highest BCUT2D eigenvalue weighted by Gasteiger charge is 2.18. The minimum Gasteiger partial charge on any atom is -0.356 e. The van der Waals surface area contributed by atoms with E-state index in [0.29, 0.717) is 36.3 Å². The highest BCUT2D eigenvalue weighted by Crippen LogP contribution is 2.31. The zero-order valence-electron chi connectivity index (χ0n) is 20.2. The number of rotatable bonds is 10. The van der Waals surface area contributed by atoms with Crippen molar-refractivity contribution in [1.29, 1.82) is 0 Å². The average molecular weight is 487 g/mol. The van der Waals surface area contributed by atoms with Gasteiger partial charge in [-0.3, -0.25) is 4.79 Å². The molecule has 0 spiro atoms. The van der Waals surface area contributed by atoms with E-state index < -0.39 is 0 Å². The van der Waals surface area contributed by atoms with Gasteiger partial charge in [-0.25, -0.2) is 9.97 Å². The lowest BCUT2D eigenvalue weighted by atomic mass is 10.1. The molecule has 35 heavy (non-hydrogen) atoms. The van der Waals surface area contributed by atoms with Crippen molar-refractivity contribution in [3.05, 3.63) is 89.4 Å². The molecule has 0 bridgehead atoms. The Balaban J connectivity index is 1.70. The number of halogens is 1. The summed E-state index contributed by atoms with van der Waals surface area (Å²) in [6.45, 7) is 6.14. The summed E-state index contributed by atoms with van der Waals surface area (Å²) in [6.07, 6.45) is 1.23. The van der Waals surface area contributed by atoms with Crippen LogP contribution in [0.1, 0.15) is 25.8 Å². The fourth-order valence-electron chi connectivity index (χ4n) is 3.94. The number of aromatic nitrogens is 2. The largest absolute Gasteiger partial charge is 0.356 e. The summed E-state index contributed by atoms with van der Waals surface area (Å²) in [4.78, 5) is 24.6. The maximum atomic E-state index is 12.6. The Hall–Kier alpha value is -3.44. The second kappa shape index (κ2) is 11.8. The number of benzene rings is 3. The van der Waals surface area contributed by atoms with Crippen molar-refractivity contribution >= 4 is 34.2 Å². The number of carbonyl (C=O) groups excluding carboxylic acids is 1. The molecule has 0 atom stereocenters. The molecule has 0 unspecified atom stereocenters. The third-order valence-electron chi connectivity index (χ3n) is 5.83. The summed E-state index contributed by atoms with van der Waals surface area (Å²) in [5.74, 6) is 1.86. The van der Waals surface area contributed by atoms with Gasteiger partial charge in [0, 0.05) is 37.0 Å². The fraction of sp³-hybridized carbons (Fsp3) is 0.276. The molecule has 3 aromatic carbocycles. The summed E-state index contributed by atoms with van der Waals surface area (Å²) >= 11 is 6.50. The number of nitrogens with zero attached hydrogens (tertiary/aromatic N) is 3. The van der Waals surface area contributed by atoms with Crippen LogP contribution in [0.3, 0.4) is 0 Å². The number of amides is 1. The number of hydrogen-bond acceptors (Lipinski definition) is 4. The standard InChI is InChI=1S/C29H31ClN4O/c1-21(2)20-31-27(35)17-19-34(18-16-22-10-4-3-5-11-22)29-24-13-7-9-15-26(24)32-28(33-29)23-12-6-8-14-25(23)30/h3-15,21H,16-20H2,1-2H3,(H,31,35). The predicted octanol–water partition coefficient (Wildman–Crippen LogP) is 6.16. The molecule has 1 heterocycles. The maximum absolute atomic E-state index is 12.6. The first-order chi connectivity index (χ1) is 17.0. The summed E-state index contributed by atoms with van der Waals surface area (Å²) in [6, 6.07) is 26.0. The second-order valence-corrected chi connectivity index (χ2v) is 9.45. The summed E-state index contributed by atoms with van der Waals surface area (Å²) in [5.41, 5.74) is 2.88. The van der Waals surface area contributed by atoms with Crippen molar-refractivity contribution in [3.8, 4) is 11.4 Å². The third kappa shape index (κ3) is 6.58. The van der Waals surface area contributed by atoms with Crippen molar-refractivity contribution in [2.45, 2.75) is 26.7 Å². The Morgan fingerprint density at radius 3 is 2.40 bits per heavy atom. The van der Waals surface area contributed by atoms with E-state index in [0.717, 1.165) is 35.2 Å². The van der Waals surface area contributed by atoms with Gasteiger partial charge < -0.3 is 10.2 Å². The average Bonchev–Trinajstić information content (AvgIpc) is 2.88. The minimum absolute atomic E-state index is 0.0492. The van der Waals surface area contributed by atoms with Crippen LogP contribution in [0.25, 0.3) is 22.3 Å². The summed E-state index contributed by atoms with van der Waals surface area (Å²) < 4.78 is 0. The molecule has 0 fully saturated rings. The van der Waals surface area contributed by atoms with Gasteiger partial charge in [-0.2, -0.15) is 0 Å². The summed E-state index contributed by atoms with van der Waals surface area (Å²) in [5, 5.41) is 4.60. The van der Waals surface area contributed by atoms with Crippen LogP contribution in [0.15, 0.2) is 78.9 Å². The molecule has 180 valence electrons.